The van der Waals surface area contributed by atoms with Crippen LogP contribution in [0.2, 0.25) is 0 Å². The molecule has 4 rings (SSSR count). The van der Waals surface area contributed by atoms with Gasteiger partial charge in [-0.2, -0.15) is 0 Å². The van der Waals surface area contributed by atoms with Gasteiger partial charge in [-0.25, -0.2) is 4.79 Å². The Hall–Kier alpha value is -3.06. The van der Waals surface area contributed by atoms with Crippen molar-refractivity contribution in [1.29, 1.82) is 0 Å². The summed E-state index contributed by atoms with van der Waals surface area (Å²) < 4.78 is 2.20. The molecule has 0 radical (unpaired) electrons. The van der Waals surface area contributed by atoms with Crippen molar-refractivity contribution in [2.75, 3.05) is 13.1 Å². The highest BCUT2D eigenvalue weighted by atomic mass is 16.4. The Labute approximate surface area is 174 Å². The first-order valence-corrected chi connectivity index (χ1v) is 10.4. The van der Waals surface area contributed by atoms with Gasteiger partial charge in [0.2, 0.25) is 0 Å². The van der Waals surface area contributed by atoms with E-state index in [1.807, 2.05) is 25.1 Å². The number of aryl methyl sites for hydroxylation is 1. The smallest absolute Gasteiger partial charge is 0.345 e. The maximum Gasteiger partial charge on any atom is 0.345 e. The minimum atomic E-state index is -1.43. The van der Waals surface area contributed by atoms with Crippen LogP contribution in [0.5, 0.6) is 5.75 Å². The number of benzene rings is 1. The predicted molar refractivity (Wildman–Crippen MR) is 116 cm³/mol. The molecule has 1 fully saturated rings. The predicted octanol–water partition coefficient (Wildman–Crippen LogP) is 3.49. The van der Waals surface area contributed by atoms with Crippen LogP contribution in [0.4, 0.5) is 0 Å². The number of aromatic carboxylic acids is 1. The molecule has 1 saturated heterocycles. The lowest BCUT2D eigenvalue weighted by molar-refractivity contribution is 0.0691. The fraction of sp³-hybridized carbons (Fsp3) is 0.391. The number of aromatic hydroxyl groups is 1. The third-order valence-corrected chi connectivity index (χ3v) is 6.12. The number of pyridine rings is 1. The van der Waals surface area contributed by atoms with E-state index in [2.05, 4.69) is 27.6 Å². The molecule has 0 amide bonds. The first-order valence-electron chi connectivity index (χ1n) is 10.4. The highest BCUT2D eigenvalue weighted by molar-refractivity contribution is 5.92. The molecule has 0 aliphatic carbocycles. The quantitative estimate of drug-likeness (QED) is 0.599. The number of carboxylic acids is 1. The molecule has 7 heteroatoms. The molecule has 1 aliphatic rings. The number of aromatic nitrogens is 2. The molecule has 7 nitrogen and oxygen atoms in total. The van der Waals surface area contributed by atoms with Gasteiger partial charge in [0.25, 0.3) is 5.56 Å². The summed E-state index contributed by atoms with van der Waals surface area (Å²) >= 11 is 0. The second-order valence-electron chi connectivity index (χ2n) is 8.00. The molecule has 0 saturated carbocycles. The largest absolute Gasteiger partial charge is 0.506 e. The molecule has 0 spiro atoms. The molecule has 3 aromatic rings. The molecule has 0 unspecified atom stereocenters. The summed E-state index contributed by atoms with van der Waals surface area (Å²) in [6.45, 7) is 4.98. The lowest BCUT2D eigenvalue weighted by atomic mass is 9.99. The van der Waals surface area contributed by atoms with Crippen LogP contribution in [0, 0.1) is 0 Å². The summed E-state index contributed by atoms with van der Waals surface area (Å²) in [7, 11) is 2.06. The third kappa shape index (κ3) is 3.50. The minimum absolute atomic E-state index is 0.394. The first kappa shape index (κ1) is 20.2. The van der Waals surface area contributed by atoms with Crippen LogP contribution in [0.3, 0.4) is 0 Å². The van der Waals surface area contributed by atoms with Gasteiger partial charge < -0.3 is 19.8 Å². The highest BCUT2D eigenvalue weighted by Crippen LogP contribution is 2.32. The Morgan fingerprint density at radius 1 is 1.17 bits per heavy atom. The number of piperidine rings is 1. The van der Waals surface area contributed by atoms with E-state index in [-0.39, 0.29) is 0 Å². The summed E-state index contributed by atoms with van der Waals surface area (Å²) in [4.78, 5) is 28.8. The number of nitrogens with one attached hydrogen (secondary N) is 1. The van der Waals surface area contributed by atoms with Crippen LogP contribution >= 0.6 is 0 Å². The average molecular weight is 409 g/mol. The van der Waals surface area contributed by atoms with Gasteiger partial charge in [0.05, 0.1) is 5.69 Å². The van der Waals surface area contributed by atoms with E-state index >= 15 is 0 Å². The number of likely N-dealkylation sites (tertiary alicyclic amines) is 1. The Morgan fingerprint density at radius 2 is 1.90 bits per heavy atom. The summed E-state index contributed by atoms with van der Waals surface area (Å²) in [5, 5.41) is 20.7. The second-order valence-corrected chi connectivity index (χ2v) is 8.00. The number of fused-ring (bicyclic) bond motifs is 1. The van der Waals surface area contributed by atoms with Gasteiger partial charge in [0.15, 0.2) is 5.56 Å². The van der Waals surface area contributed by atoms with Crippen molar-refractivity contribution in [3.8, 4) is 17.0 Å². The fourth-order valence-electron chi connectivity index (χ4n) is 4.48. The topological polar surface area (TPSA) is 98.6 Å². The van der Waals surface area contributed by atoms with E-state index in [0.29, 0.717) is 17.7 Å². The molecule has 2 aromatic heterocycles. The highest BCUT2D eigenvalue weighted by Gasteiger charge is 2.22. The third-order valence-electron chi connectivity index (χ3n) is 6.12. The maximum atomic E-state index is 12.3. The van der Waals surface area contributed by atoms with Crippen LogP contribution in [0.1, 0.15) is 47.8 Å². The van der Waals surface area contributed by atoms with E-state index in [1.165, 1.54) is 25.0 Å². The number of hydrogen-bond acceptors (Lipinski definition) is 4. The number of aromatic amines is 1. The summed E-state index contributed by atoms with van der Waals surface area (Å²) in [5.74, 6) is -1.89. The van der Waals surface area contributed by atoms with Crippen LogP contribution < -0.4 is 5.56 Å². The van der Waals surface area contributed by atoms with Crippen molar-refractivity contribution >= 4 is 16.9 Å². The van der Waals surface area contributed by atoms with Crippen molar-refractivity contribution in [2.24, 2.45) is 7.05 Å². The molecule has 1 aromatic carbocycles. The lowest BCUT2D eigenvalue weighted by Gasteiger charge is -2.26. The number of carbonyl (C=O) groups is 1. The van der Waals surface area contributed by atoms with Gasteiger partial charge in [-0.3, -0.25) is 9.69 Å². The molecular formula is C23H27N3O4. The molecule has 158 valence electrons. The lowest BCUT2D eigenvalue weighted by Crippen LogP contribution is -2.29. The van der Waals surface area contributed by atoms with Gasteiger partial charge >= 0.3 is 5.97 Å². The number of rotatable bonds is 5. The number of H-pyrrole nitrogens is 1. The summed E-state index contributed by atoms with van der Waals surface area (Å²) in [6.07, 6.45) is 4.19. The van der Waals surface area contributed by atoms with E-state index in [0.717, 1.165) is 36.1 Å². The maximum absolute atomic E-state index is 12.3. The van der Waals surface area contributed by atoms with Crippen molar-refractivity contribution in [3.05, 3.63) is 51.4 Å². The molecule has 30 heavy (non-hydrogen) atoms. The Kier molecular flexibility index (Phi) is 5.39. The van der Waals surface area contributed by atoms with Crippen LogP contribution in [0.25, 0.3) is 22.2 Å². The van der Waals surface area contributed by atoms with Crippen molar-refractivity contribution in [1.82, 2.24) is 14.5 Å². The fourth-order valence-corrected chi connectivity index (χ4v) is 4.48. The number of hydrogen-bond donors (Lipinski definition) is 3. The Bertz CT molecular complexity index is 1170. The Balaban J connectivity index is 1.77. The van der Waals surface area contributed by atoms with Gasteiger partial charge in [-0.05, 0) is 56.1 Å². The minimum Gasteiger partial charge on any atom is -0.506 e. The SMILES string of the molecule is CCc1c(-c2ccc3c(c2)cc(CN2CCCCC2)n3C)[nH]c(=O)c(C(=O)O)c1O. The molecule has 0 bridgehead atoms. The monoisotopic (exact) mass is 409 g/mol. The molecular weight excluding hydrogens is 382 g/mol. The van der Waals surface area contributed by atoms with Gasteiger partial charge in [0.1, 0.15) is 5.75 Å². The van der Waals surface area contributed by atoms with Gasteiger partial charge in [-0.15, -0.1) is 0 Å². The summed E-state index contributed by atoms with van der Waals surface area (Å²) in [6, 6.07) is 8.06. The van der Waals surface area contributed by atoms with E-state index in [4.69, 9.17) is 0 Å². The molecule has 1 aliphatic heterocycles. The zero-order chi connectivity index (χ0) is 21.4. The first-order chi connectivity index (χ1) is 14.4. The van der Waals surface area contributed by atoms with Gasteiger partial charge in [0, 0.05) is 35.8 Å². The number of nitrogens with zero attached hydrogens (tertiary/aromatic N) is 2. The standard InChI is InChI=1S/C23H27N3O4/c1-3-17-20(24-22(28)19(21(17)27)23(29)30)14-7-8-18-15(11-14)12-16(25(18)2)13-26-9-5-4-6-10-26/h7-8,11-12H,3-6,9-10,13H2,1-2H3,(H,29,30)(H2,24,27,28). The van der Waals surface area contributed by atoms with Gasteiger partial charge in [-0.1, -0.05) is 19.4 Å². The molecule has 3 heterocycles. The van der Waals surface area contributed by atoms with Crippen LogP contribution in [-0.4, -0.2) is 43.7 Å². The number of carboxylic acid groups (broad SMARTS) is 1. The van der Waals surface area contributed by atoms with Crippen LogP contribution in [0.15, 0.2) is 29.1 Å². The van der Waals surface area contributed by atoms with Crippen molar-refractivity contribution < 1.29 is 15.0 Å². The van der Waals surface area contributed by atoms with E-state index < -0.39 is 22.8 Å². The van der Waals surface area contributed by atoms with Crippen LogP contribution in [-0.2, 0) is 20.0 Å². The normalized spacial score (nSPS) is 15.0. The summed E-state index contributed by atoms with van der Waals surface area (Å²) in [5.41, 5.74) is 2.56. The van der Waals surface area contributed by atoms with E-state index in [1.54, 1.807) is 0 Å². The van der Waals surface area contributed by atoms with Crippen molar-refractivity contribution in [3.63, 3.8) is 0 Å². The van der Waals surface area contributed by atoms with Crippen molar-refractivity contribution in [2.45, 2.75) is 39.2 Å². The average Bonchev–Trinajstić information content (AvgIpc) is 3.03. The van der Waals surface area contributed by atoms with E-state index in [9.17, 15) is 19.8 Å². The zero-order valence-corrected chi connectivity index (χ0v) is 17.4. The molecule has 3 N–H and O–H groups in total. The second kappa shape index (κ2) is 7.99. The zero-order valence-electron chi connectivity index (χ0n) is 17.4. The molecule has 0 atom stereocenters. The Morgan fingerprint density at radius 3 is 2.57 bits per heavy atom.